The second-order valence-electron chi connectivity index (χ2n) is 5.29. The highest BCUT2D eigenvalue weighted by molar-refractivity contribution is 5.36. The molecule has 0 aliphatic rings. The predicted molar refractivity (Wildman–Crippen MR) is 86.9 cm³/mol. The van der Waals surface area contributed by atoms with Gasteiger partial charge in [-0.15, -0.1) is 6.58 Å². The average Bonchev–Trinajstić information content (AvgIpc) is 2.47. The summed E-state index contributed by atoms with van der Waals surface area (Å²) in [6.07, 6.45) is 2.94. The molecule has 1 N–H and O–H groups in total. The fourth-order valence-corrected chi connectivity index (χ4v) is 2.52. The summed E-state index contributed by atoms with van der Waals surface area (Å²) in [7, 11) is 0. The van der Waals surface area contributed by atoms with Crippen LogP contribution in [0.5, 0.6) is 0 Å². The summed E-state index contributed by atoms with van der Waals surface area (Å²) in [6.45, 7) is 8.21. The smallest absolute Gasteiger partial charge is 0.0581 e. The molecule has 1 nitrogen and oxygen atoms in total. The van der Waals surface area contributed by atoms with E-state index in [9.17, 15) is 0 Å². The van der Waals surface area contributed by atoms with Crippen molar-refractivity contribution in [3.05, 3.63) is 83.9 Å². The molecule has 2 aromatic rings. The van der Waals surface area contributed by atoms with Crippen molar-refractivity contribution in [2.75, 3.05) is 0 Å². The van der Waals surface area contributed by atoms with Gasteiger partial charge < -0.3 is 5.32 Å². The zero-order valence-electron chi connectivity index (χ0n) is 12.3. The fourth-order valence-electron chi connectivity index (χ4n) is 2.52. The molecule has 1 heteroatoms. The molecular formula is C19H23N. The van der Waals surface area contributed by atoms with Crippen LogP contribution in [0.25, 0.3) is 0 Å². The van der Waals surface area contributed by atoms with Gasteiger partial charge in [-0.1, -0.05) is 60.7 Å². The number of aryl methyl sites for hydroxylation is 1. The van der Waals surface area contributed by atoms with Crippen LogP contribution in [-0.4, -0.2) is 6.04 Å². The number of rotatable bonds is 6. The van der Waals surface area contributed by atoms with E-state index in [0.29, 0.717) is 6.04 Å². The van der Waals surface area contributed by atoms with Crippen LogP contribution in [0.1, 0.15) is 36.1 Å². The van der Waals surface area contributed by atoms with Crippen LogP contribution in [0.4, 0.5) is 0 Å². The number of nitrogens with one attached hydrogen (secondary N) is 1. The Kier molecular flexibility index (Phi) is 5.14. The molecule has 0 amide bonds. The summed E-state index contributed by atoms with van der Waals surface area (Å²) in [5, 5.41) is 3.72. The quantitative estimate of drug-likeness (QED) is 0.750. The van der Waals surface area contributed by atoms with E-state index in [-0.39, 0.29) is 6.04 Å². The van der Waals surface area contributed by atoms with Crippen molar-refractivity contribution in [1.29, 1.82) is 0 Å². The van der Waals surface area contributed by atoms with Gasteiger partial charge in [-0.25, -0.2) is 0 Å². The Bertz CT molecular complexity index is 545. The molecule has 0 aliphatic carbocycles. The fraction of sp³-hybridized carbons (Fsp3) is 0.263. The van der Waals surface area contributed by atoms with Crippen LogP contribution in [0.2, 0.25) is 0 Å². The van der Waals surface area contributed by atoms with Gasteiger partial charge in [0, 0.05) is 6.04 Å². The minimum Gasteiger partial charge on any atom is -0.303 e. The van der Waals surface area contributed by atoms with Gasteiger partial charge in [0.05, 0.1) is 6.04 Å². The minimum atomic E-state index is 0.229. The first kappa shape index (κ1) is 14.5. The zero-order chi connectivity index (χ0) is 14.4. The van der Waals surface area contributed by atoms with Gasteiger partial charge in [-0.2, -0.15) is 0 Å². The Morgan fingerprint density at radius 2 is 1.70 bits per heavy atom. The maximum Gasteiger partial charge on any atom is 0.0581 e. The van der Waals surface area contributed by atoms with Crippen molar-refractivity contribution in [2.24, 2.45) is 0 Å². The van der Waals surface area contributed by atoms with Crippen molar-refractivity contribution >= 4 is 0 Å². The standard InChI is InChI=1S/C19H23N/c1-4-10-16(3)20-19(17-12-6-5-7-13-17)18-14-9-8-11-15(18)2/h4-9,11-14,16,19-20H,1,10H2,2-3H3. The Labute approximate surface area is 122 Å². The van der Waals surface area contributed by atoms with Gasteiger partial charge in [0.15, 0.2) is 0 Å². The van der Waals surface area contributed by atoms with Gasteiger partial charge in [0.25, 0.3) is 0 Å². The molecule has 2 aromatic carbocycles. The topological polar surface area (TPSA) is 12.0 Å². The summed E-state index contributed by atoms with van der Waals surface area (Å²) in [4.78, 5) is 0. The Balaban J connectivity index is 2.34. The first-order valence-corrected chi connectivity index (χ1v) is 7.19. The van der Waals surface area contributed by atoms with E-state index in [1.807, 2.05) is 6.08 Å². The van der Waals surface area contributed by atoms with Crippen molar-refractivity contribution in [1.82, 2.24) is 5.32 Å². The van der Waals surface area contributed by atoms with Crippen LogP contribution in [0.15, 0.2) is 67.3 Å². The third-order valence-corrected chi connectivity index (χ3v) is 3.60. The third kappa shape index (κ3) is 3.58. The summed E-state index contributed by atoms with van der Waals surface area (Å²) < 4.78 is 0. The Morgan fingerprint density at radius 3 is 2.35 bits per heavy atom. The second kappa shape index (κ2) is 7.06. The lowest BCUT2D eigenvalue weighted by atomic mass is 9.94. The van der Waals surface area contributed by atoms with Gasteiger partial charge in [-0.3, -0.25) is 0 Å². The van der Waals surface area contributed by atoms with Crippen molar-refractivity contribution in [3.8, 4) is 0 Å². The molecule has 0 saturated carbocycles. The van der Waals surface area contributed by atoms with E-state index in [1.165, 1.54) is 16.7 Å². The SMILES string of the molecule is C=CCC(C)NC(c1ccccc1)c1ccccc1C. The number of hydrogen-bond donors (Lipinski definition) is 1. The first-order valence-electron chi connectivity index (χ1n) is 7.19. The van der Waals surface area contributed by atoms with Crippen molar-refractivity contribution < 1.29 is 0 Å². The highest BCUT2D eigenvalue weighted by Crippen LogP contribution is 2.25. The van der Waals surface area contributed by atoms with Crippen LogP contribution in [-0.2, 0) is 0 Å². The van der Waals surface area contributed by atoms with E-state index in [1.54, 1.807) is 0 Å². The van der Waals surface area contributed by atoms with Crippen LogP contribution >= 0.6 is 0 Å². The highest BCUT2D eigenvalue weighted by Gasteiger charge is 2.17. The van der Waals surface area contributed by atoms with Crippen LogP contribution in [0.3, 0.4) is 0 Å². The van der Waals surface area contributed by atoms with E-state index in [4.69, 9.17) is 0 Å². The third-order valence-electron chi connectivity index (χ3n) is 3.60. The number of benzene rings is 2. The molecule has 20 heavy (non-hydrogen) atoms. The zero-order valence-corrected chi connectivity index (χ0v) is 12.3. The van der Waals surface area contributed by atoms with E-state index < -0.39 is 0 Å². The number of hydrogen-bond acceptors (Lipinski definition) is 1. The lowest BCUT2D eigenvalue weighted by Gasteiger charge is -2.25. The molecule has 104 valence electrons. The molecule has 2 rings (SSSR count). The molecule has 0 bridgehead atoms. The lowest BCUT2D eigenvalue weighted by Crippen LogP contribution is -2.31. The molecule has 0 aromatic heterocycles. The molecular weight excluding hydrogens is 242 g/mol. The first-order chi connectivity index (χ1) is 9.72. The largest absolute Gasteiger partial charge is 0.303 e. The molecule has 0 spiro atoms. The van der Waals surface area contributed by atoms with Gasteiger partial charge in [0.1, 0.15) is 0 Å². The van der Waals surface area contributed by atoms with Gasteiger partial charge in [-0.05, 0) is 37.0 Å². The van der Waals surface area contributed by atoms with E-state index in [2.05, 4.69) is 80.3 Å². The molecule has 0 heterocycles. The molecule has 2 unspecified atom stereocenters. The van der Waals surface area contributed by atoms with Crippen molar-refractivity contribution in [2.45, 2.75) is 32.4 Å². The second-order valence-corrected chi connectivity index (χ2v) is 5.29. The monoisotopic (exact) mass is 265 g/mol. The summed E-state index contributed by atoms with van der Waals surface area (Å²) in [5.41, 5.74) is 3.96. The van der Waals surface area contributed by atoms with Gasteiger partial charge in [0.2, 0.25) is 0 Å². The Morgan fingerprint density at radius 1 is 1.05 bits per heavy atom. The summed E-state index contributed by atoms with van der Waals surface area (Å²) in [6, 6.07) is 19.8. The molecule has 0 fully saturated rings. The predicted octanol–water partition coefficient (Wildman–Crippen LogP) is 4.64. The average molecular weight is 265 g/mol. The molecule has 0 radical (unpaired) electrons. The van der Waals surface area contributed by atoms with Crippen LogP contribution < -0.4 is 5.32 Å². The maximum atomic E-state index is 3.83. The lowest BCUT2D eigenvalue weighted by molar-refractivity contribution is 0.501. The van der Waals surface area contributed by atoms with Crippen molar-refractivity contribution in [3.63, 3.8) is 0 Å². The normalized spacial score (nSPS) is 13.7. The maximum absolute atomic E-state index is 3.83. The van der Waals surface area contributed by atoms with E-state index >= 15 is 0 Å². The Hall–Kier alpha value is -1.86. The van der Waals surface area contributed by atoms with Gasteiger partial charge >= 0.3 is 0 Å². The summed E-state index contributed by atoms with van der Waals surface area (Å²) >= 11 is 0. The minimum absolute atomic E-state index is 0.229. The molecule has 0 aliphatic heterocycles. The van der Waals surface area contributed by atoms with E-state index in [0.717, 1.165) is 6.42 Å². The highest BCUT2D eigenvalue weighted by atomic mass is 14.9. The van der Waals surface area contributed by atoms with Crippen LogP contribution in [0, 0.1) is 6.92 Å². The summed E-state index contributed by atoms with van der Waals surface area (Å²) in [5.74, 6) is 0. The molecule has 0 saturated heterocycles. The molecule has 2 atom stereocenters.